The van der Waals surface area contributed by atoms with Crippen LogP contribution in [0.2, 0.25) is 0 Å². The number of nitrogens with zero attached hydrogens (tertiary/aromatic N) is 2. The highest BCUT2D eigenvalue weighted by atomic mass is 35.5. The van der Waals surface area contributed by atoms with Crippen LogP contribution in [0.4, 0.5) is 0 Å². The lowest BCUT2D eigenvalue weighted by Gasteiger charge is -2.10. The maximum Gasteiger partial charge on any atom is 0.269 e. The Kier molecular flexibility index (Phi) is 5.73. The molecule has 0 N–H and O–H groups in total. The molecule has 0 bridgehead atoms. The number of methoxy groups -OCH3 is 1. The van der Waals surface area contributed by atoms with Crippen LogP contribution in [0, 0.1) is 0 Å². The summed E-state index contributed by atoms with van der Waals surface area (Å²) >= 11 is 7.88. The maximum atomic E-state index is 6.34. The van der Waals surface area contributed by atoms with E-state index in [9.17, 15) is 0 Å². The van der Waals surface area contributed by atoms with E-state index in [-0.39, 0.29) is 5.89 Å². The molecule has 7 heteroatoms. The Labute approximate surface area is 154 Å². The van der Waals surface area contributed by atoms with Gasteiger partial charge in [-0.05, 0) is 41.6 Å². The average Bonchev–Trinajstić information content (AvgIpc) is 3.31. The normalized spacial score (nSPS) is 11.6. The van der Waals surface area contributed by atoms with E-state index in [4.69, 9.17) is 25.6 Å². The summed E-state index contributed by atoms with van der Waals surface area (Å²) in [5, 5.41) is 6.28. The van der Waals surface area contributed by atoms with Gasteiger partial charge in [-0.15, -0.1) is 11.3 Å². The smallest absolute Gasteiger partial charge is 0.269 e. The molecule has 2 aromatic heterocycles. The highest BCUT2D eigenvalue weighted by Gasteiger charge is 2.13. The highest BCUT2D eigenvalue weighted by molar-refractivity contribution is 7.13. The second kappa shape index (κ2) is 8.18. The SMILES string of the molecule is CCCOc1cc(/C=C(\Cl)c2nc(-c3cccs3)no2)ccc1OC. The molecule has 0 amide bonds. The molecule has 0 spiro atoms. The summed E-state index contributed by atoms with van der Waals surface area (Å²) in [5.41, 5.74) is 0.854. The molecule has 2 heterocycles. The summed E-state index contributed by atoms with van der Waals surface area (Å²) in [6.45, 7) is 2.67. The maximum absolute atomic E-state index is 6.34. The van der Waals surface area contributed by atoms with Crippen molar-refractivity contribution >= 4 is 34.0 Å². The van der Waals surface area contributed by atoms with Crippen LogP contribution in [0.25, 0.3) is 21.8 Å². The number of hydrogen-bond donors (Lipinski definition) is 0. The minimum absolute atomic E-state index is 0.275. The van der Waals surface area contributed by atoms with Gasteiger partial charge in [-0.3, -0.25) is 0 Å². The molecule has 0 saturated carbocycles. The van der Waals surface area contributed by atoms with Gasteiger partial charge in [-0.2, -0.15) is 4.98 Å². The van der Waals surface area contributed by atoms with Crippen molar-refractivity contribution in [1.82, 2.24) is 10.1 Å². The van der Waals surface area contributed by atoms with Crippen molar-refractivity contribution in [3.8, 4) is 22.2 Å². The first-order valence-electron chi connectivity index (χ1n) is 7.77. The van der Waals surface area contributed by atoms with Crippen molar-refractivity contribution in [2.45, 2.75) is 13.3 Å². The molecule has 130 valence electrons. The molecule has 5 nitrogen and oxygen atoms in total. The van der Waals surface area contributed by atoms with Gasteiger partial charge in [0.05, 0.1) is 18.6 Å². The standard InChI is InChI=1S/C18H17ClN2O3S/c1-3-8-23-15-11-12(6-7-14(15)22-2)10-13(19)18-20-17(21-24-18)16-5-4-9-25-16/h4-7,9-11H,3,8H2,1-2H3/b13-10-. The van der Waals surface area contributed by atoms with Gasteiger partial charge in [-0.25, -0.2) is 0 Å². The van der Waals surface area contributed by atoms with Crippen LogP contribution in [0.3, 0.4) is 0 Å². The summed E-state index contributed by atoms with van der Waals surface area (Å²) in [4.78, 5) is 5.26. The summed E-state index contributed by atoms with van der Waals surface area (Å²) in [7, 11) is 1.61. The van der Waals surface area contributed by atoms with Crippen LogP contribution in [0.1, 0.15) is 24.8 Å². The third kappa shape index (κ3) is 4.21. The number of halogens is 1. The topological polar surface area (TPSA) is 57.4 Å². The quantitative estimate of drug-likeness (QED) is 0.557. The Morgan fingerprint density at radius 3 is 2.92 bits per heavy atom. The Morgan fingerprint density at radius 1 is 1.32 bits per heavy atom. The van der Waals surface area contributed by atoms with Gasteiger partial charge >= 0.3 is 0 Å². The first-order valence-corrected chi connectivity index (χ1v) is 9.03. The summed E-state index contributed by atoms with van der Waals surface area (Å²) in [5.74, 6) is 2.15. The molecule has 0 aliphatic heterocycles. The number of rotatable bonds is 7. The van der Waals surface area contributed by atoms with Crippen LogP contribution >= 0.6 is 22.9 Å². The lowest BCUT2D eigenvalue weighted by Crippen LogP contribution is -1.98. The van der Waals surface area contributed by atoms with Gasteiger partial charge in [0.15, 0.2) is 11.5 Å². The fourth-order valence-corrected chi connectivity index (χ4v) is 2.99. The summed E-state index contributed by atoms with van der Waals surface area (Å²) < 4.78 is 16.3. The van der Waals surface area contributed by atoms with Gasteiger partial charge < -0.3 is 14.0 Å². The Balaban J connectivity index is 1.84. The predicted octanol–water partition coefficient (Wildman–Crippen LogP) is 5.33. The fraction of sp³-hybridized carbons (Fsp3) is 0.222. The van der Waals surface area contributed by atoms with Crippen LogP contribution < -0.4 is 9.47 Å². The Bertz CT molecular complexity index is 859. The molecule has 1 aromatic carbocycles. The van der Waals surface area contributed by atoms with Crippen molar-refractivity contribution in [1.29, 1.82) is 0 Å². The second-order valence-corrected chi connectivity index (χ2v) is 6.51. The second-order valence-electron chi connectivity index (χ2n) is 5.15. The molecule has 0 aliphatic rings. The van der Waals surface area contributed by atoms with Crippen molar-refractivity contribution in [2.75, 3.05) is 13.7 Å². The van der Waals surface area contributed by atoms with Gasteiger partial charge in [0.1, 0.15) is 5.03 Å². The number of aromatic nitrogens is 2. The molecule has 25 heavy (non-hydrogen) atoms. The number of thiophene rings is 1. The highest BCUT2D eigenvalue weighted by Crippen LogP contribution is 2.31. The predicted molar refractivity (Wildman–Crippen MR) is 100 cm³/mol. The Morgan fingerprint density at radius 2 is 2.20 bits per heavy atom. The third-order valence-electron chi connectivity index (χ3n) is 3.31. The monoisotopic (exact) mass is 376 g/mol. The van der Waals surface area contributed by atoms with E-state index in [1.807, 2.05) is 42.6 Å². The molecule has 0 radical (unpaired) electrons. The minimum atomic E-state index is 0.275. The van der Waals surface area contributed by atoms with E-state index >= 15 is 0 Å². The van der Waals surface area contributed by atoms with Gasteiger partial charge in [-0.1, -0.05) is 35.8 Å². The molecule has 0 fully saturated rings. The molecule has 0 atom stereocenters. The minimum Gasteiger partial charge on any atom is -0.493 e. The number of hydrogen-bond acceptors (Lipinski definition) is 6. The molecule has 0 saturated heterocycles. The number of benzene rings is 1. The average molecular weight is 377 g/mol. The third-order valence-corrected chi connectivity index (χ3v) is 4.45. The van der Waals surface area contributed by atoms with Crippen LogP contribution in [-0.2, 0) is 0 Å². The van der Waals surface area contributed by atoms with Crippen LogP contribution in [0.15, 0.2) is 40.2 Å². The molecular weight excluding hydrogens is 360 g/mol. The van der Waals surface area contributed by atoms with Gasteiger partial charge in [0.2, 0.25) is 5.82 Å². The van der Waals surface area contributed by atoms with Crippen molar-refractivity contribution in [2.24, 2.45) is 0 Å². The lowest BCUT2D eigenvalue weighted by atomic mass is 10.2. The molecule has 0 unspecified atom stereocenters. The van der Waals surface area contributed by atoms with E-state index in [0.717, 1.165) is 16.9 Å². The summed E-state index contributed by atoms with van der Waals surface area (Å²) in [6, 6.07) is 9.45. The van der Waals surface area contributed by atoms with E-state index in [0.29, 0.717) is 29.0 Å². The zero-order chi connectivity index (χ0) is 17.6. The Hall–Kier alpha value is -2.31. The summed E-state index contributed by atoms with van der Waals surface area (Å²) in [6.07, 6.45) is 2.67. The van der Waals surface area contributed by atoms with Gasteiger partial charge in [0.25, 0.3) is 5.89 Å². The van der Waals surface area contributed by atoms with Gasteiger partial charge in [0, 0.05) is 0 Å². The molecule has 3 rings (SSSR count). The fourth-order valence-electron chi connectivity index (χ4n) is 2.14. The number of ether oxygens (including phenoxy) is 2. The first kappa shape index (κ1) is 17.5. The largest absolute Gasteiger partial charge is 0.493 e. The first-order chi connectivity index (χ1) is 12.2. The molecule has 3 aromatic rings. The zero-order valence-corrected chi connectivity index (χ0v) is 15.4. The van der Waals surface area contributed by atoms with Crippen molar-refractivity contribution in [3.05, 3.63) is 47.2 Å². The molecule has 0 aliphatic carbocycles. The van der Waals surface area contributed by atoms with E-state index in [2.05, 4.69) is 10.1 Å². The van der Waals surface area contributed by atoms with E-state index in [1.165, 1.54) is 0 Å². The van der Waals surface area contributed by atoms with E-state index in [1.54, 1.807) is 24.5 Å². The van der Waals surface area contributed by atoms with Crippen LogP contribution in [-0.4, -0.2) is 23.9 Å². The molecular formula is C18H17ClN2O3S. The van der Waals surface area contributed by atoms with Crippen LogP contribution in [0.5, 0.6) is 11.5 Å². The van der Waals surface area contributed by atoms with Crippen molar-refractivity contribution in [3.63, 3.8) is 0 Å². The van der Waals surface area contributed by atoms with Crippen molar-refractivity contribution < 1.29 is 14.0 Å². The lowest BCUT2D eigenvalue weighted by molar-refractivity contribution is 0.294. The zero-order valence-electron chi connectivity index (χ0n) is 13.9. The van der Waals surface area contributed by atoms with E-state index < -0.39 is 0 Å².